The van der Waals surface area contributed by atoms with Crippen LogP contribution < -0.4 is 16.4 Å². The zero-order chi connectivity index (χ0) is 13.0. The molecule has 0 heterocycles. The number of hydrogen-bond acceptors (Lipinski definition) is 2. The van der Waals surface area contributed by atoms with Gasteiger partial charge in [-0.2, -0.15) is 0 Å². The van der Waals surface area contributed by atoms with E-state index in [-0.39, 0.29) is 18.4 Å². The highest BCUT2D eigenvalue weighted by Gasteiger charge is 2.22. The van der Waals surface area contributed by atoms with Crippen molar-refractivity contribution in [3.05, 3.63) is 29.8 Å². The Balaban J connectivity index is 1.82. The number of aryl methyl sites for hydroxylation is 1. The van der Waals surface area contributed by atoms with Gasteiger partial charge in [-0.25, -0.2) is 4.99 Å². The Morgan fingerprint density at radius 1 is 1.50 bits per heavy atom. The van der Waals surface area contributed by atoms with Gasteiger partial charge < -0.3 is 16.4 Å². The second-order valence-electron chi connectivity index (χ2n) is 4.54. The van der Waals surface area contributed by atoms with Crippen LogP contribution in [0.4, 0.5) is 5.69 Å². The lowest BCUT2D eigenvalue weighted by Gasteiger charge is -2.06. The molecule has 0 atom stereocenters. The van der Waals surface area contributed by atoms with Gasteiger partial charge in [0, 0.05) is 11.7 Å². The summed E-state index contributed by atoms with van der Waals surface area (Å²) in [4.78, 5) is 15.4. The summed E-state index contributed by atoms with van der Waals surface area (Å²) in [6.07, 6.45) is 2.15. The molecule has 1 aliphatic carbocycles. The van der Waals surface area contributed by atoms with Crippen LogP contribution in [0.15, 0.2) is 29.3 Å². The number of nitrogens with two attached hydrogens (primary N) is 1. The molecular weight excluding hydrogens is 228 g/mol. The highest BCUT2D eigenvalue weighted by molar-refractivity contribution is 5.93. The zero-order valence-electron chi connectivity index (χ0n) is 10.4. The summed E-state index contributed by atoms with van der Waals surface area (Å²) in [5.74, 6) is 0.179. The predicted molar refractivity (Wildman–Crippen MR) is 72.5 cm³/mol. The number of amides is 1. The number of aliphatic imine (C=N–C) groups is 1. The molecule has 1 fully saturated rings. The number of nitrogens with one attached hydrogen (secondary N) is 2. The van der Waals surface area contributed by atoms with Crippen LogP contribution in [0, 0.1) is 6.92 Å². The van der Waals surface area contributed by atoms with Gasteiger partial charge in [-0.1, -0.05) is 12.1 Å². The van der Waals surface area contributed by atoms with E-state index in [4.69, 9.17) is 5.73 Å². The summed E-state index contributed by atoms with van der Waals surface area (Å²) in [7, 11) is 0. The van der Waals surface area contributed by atoms with Crippen molar-refractivity contribution in [2.24, 2.45) is 10.7 Å². The Morgan fingerprint density at radius 2 is 2.28 bits per heavy atom. The SMILES string of the molecule is Cc1cccc(NC(N)=NCC(=O)NC2CC2)c1. The van der Waals surface area contributed by atoms with E-state index in [9.17, 15) is 4.79 Å². The maximum atomic E-state index is 11.4. The standard InChI is InChI=1S/C13H18N4O/c1-9-3-2-4-11(7-9)17-13(14)15-8-12(18)16-10-5-6-10/h2-4,7,10H,5-6,8H2,1H3,(H,16,18)(H3,14,15,17). The molecule has 1 aromatic carbocycles. The molecule has 0 aromatic heterocycles. The van der Waals surface area contributed by atoms with Gasteiger partial charge in [0.2, 0.25) is 5.91 Å². The van der Waals surface area contributed by atoms with Crippen LogP contribution in [-0.2, 0) is 4.79 Å². The number of anilines is 1. The second-order valence-corrected chi connectivity index (χ2v) is 4.54. The molecule has 1 aliphatic rings. The van der Waals surface area contributed by atoms with Crippen molar-refractivity contribution in [3.8, 4) is 0 Å². The molecule has 5 heteroatoms. The number of carbonyl (C=O) groups is 1. The molecule has 0 aliphatic heterocycles. The third kappa shape index (κ3) is 4.08. The average molecular weight is 246 g/mol. The summed E-state index contributed by atoms with van der Waals surface area (Å²) in [6, 6.07) is 8.16. The molecule has 0 spiro atoms. The third-order valence-corrected chi connectivity index (χ3v) is 2.63. The number of nitrogens with zero attached hydrogens (tertiary/aromatic N) is 1. The first-order valence-corrected chi connectivity index (χ1v) is 6.06. The minimum Gasteiger partial charge on any atom is -0.370 e. The summed E-state index contributed by atoms with van der Waals surface area (Å²) in [5, 5.41) is 5.81. The number of benzene rings is 1. The fourth-order valence-electron chi connectivity index (χ4n) is 1.57. The zero-order valence-corrected chi connectivity index (χ0v) is 10.4. The van der Waals surface area contributed by atoms with E-state index in [1.165, 1.54) is 0 Å². The number of rotatable bonds is 4. The number of guanidine groups is 1. The largest absolute Gasteiger partial charge is 0.370 e. The first-order chi connectivity index (χ1) is 8.63. The van der Waals surface area contributed by atoms with Crippen molar-refractivity contribution in [1.82, 2.24) is 5.32 Å². The van der Waals surface area contributed by atoms with Crippen LogP contribution in [0.1, 0.15) is 18.4 Å². The van der Waals surface area contributed by atoms with Crippen LogP contribution in [0.25, 0.3) is 0 Å². The molecular formula is C13H18N4O. The van der Waals surface area contributed by atoms with E-state index >= 15 is 0 Å². The van der Waals surface area contributed by atoms with E-state index in [2.05, 4.69) is 15.6 Å². The van der Waals surface area contributed by atoms with Crippen LogP contribution in [-0.4, -0.2) is 24.5 Å². The van der Waals surface area contributed by atoms with E-state index in [0.717, 1.165) is 24.1 Å². The van der Waals surface area contributed by atoms with Crippen LogP contribution in [0.5, 0.6) is 0 Å². The Hall–Kier alpha value is -2.04. The second kappa shape index (κ2) is 5.53. The molecule has 4 N–H and O–H groups in total. The fraction of sp³-hybridized carbons (Fsp3) is 0.385. The fourth-order valence-corrected chi connectivity index (χ4v) is 1.57. The molecule has 1 amide bonds. The Labute approximate surface area is 106 Å². The molecule has 96 valence electrons. The normalized spacial score (nSPS) is 15.3. The molecule has 0 unspecified atom stereocenters. The maximum absolute atomic E-state index is 11.4. The summed E-state index contributed by atoms with van der Waals surface area (Å²) in [5.41, 5.74) is 7.72. The summed E-state index contributed by atoms with van der Waals surface area (Å²) >= 11 is 0. The lowest BCUT2D eigenvalue weighted by Crippen LogP contribution is -2.30. The third-order valence-electron chi connectivity index (χ3n) is 2.63. The van der Waals surface area contributed by atoms with Crippen molar-refractivity contribution in [1.29, 1.82) is 0 Å². The molecule has 0 saturated heterocycles. The first kappa shape index (κ1) is 12.4. The number of hydrogen-bond donors (Lipinski definition) is 3. The smallest absolute Gasteiger partial charge is 0.242 e. The van der Waals surface area contributed by atoms with Crippen molar-refractivity contribution in [3.63, 3.8) is 0 Å². The Kier molecular flexibility index (Phi) is 3.82. The van der Waals surface area contributed by atoms with Gasteiger partial charge in [0.1, 0.15) is 6.54 Å². The van der Waals surface area contributed by atoms with Gasteiger partial charge >= 0.3 is 0 Å². The molecule has 18 heavy (non-hydrogen) atoms. The molecule has 2 rings (SSSR count). The molecule has 0 bridgehead atoms. The van der Waals surface area contributed by atoms with Crippen LogP contribution >= 0.6 is 0 Å². The van der Waals surface area contributed by atoms with Gasteiger partial charge in [-0.3, -0.25) is 4.79 Å². The minimum absolute atomic E-state index is 0.0706. The highest BCUT2D eigenvalue weighted by atomic mass is 16.1. The highest BCUT2D eigenvalue weighted by Crippen LogP contribution is 2.18. The van der Waals surface area contributed by atoms with E-state index in [1.807, 2.05) is 31.2 Å². The van der Waals surface area contributed by atoms with Gasteiger partial charge in [0.05, 0.1) is 0 Å². The van der Waals surface area contributed by atoms with Crippen molar-refractivity contribution in [2.45, 2.75) is 25.8 Å². The molecule has 0 radical (unpaired) electrons. The van der Waals surface area contributed by atoms with Gasteiger partial charge in [0.15, 0.2) is 5.96 Å². The molecule has 5 nitrogen and oxygen atoms in total. The Bertz CT molecular complexity index is 466. The monoisotopic (exact) mass is 246 g/mol. The average Bonchev–Trinajstić information content (AvgIpc) is 3.10. The van der Waals surface area contributed by atoms with Gasteiger partial charge in [-0.05, 0) is 37.5 Å². The van der Waals surface area contributed by atoms with E-state index < -0.39 is 0 Å². The predicted octanol–water partition coefficient (Wildman–Crippen LogP) is 1.00. The van der Waals surface area contributed by atoms with Crippen LogP contribution in [0.2, 0.25) is 0 Å². The van der Waals surface area contributed by atoms with E-state index in [0.29, 0.717) is 6.04 Å². The minimum atomic E-state index is -0.0773. The lowest BCUT2D eigenvalue weighted by atomic mass is 10.2. The molecule has 1 aromatic rings. The quantitative estimate of drug-likeness (QED) is 0.547. The topological polar surface area (TPSA) is 79.5 Å². The summed E-state index contributed by atoms with van der Waals surface area (Å²) < 4.78 is 0. The van der Waals surface area contributed by atoms with Crippen molar-refractivity contribution < 1.29 is 4.79 Å². The number of carbonyl (C=O) groups excluding carboxylic acids is 1. The first-order valence-electron chi connectivity index (χ1n) is 6.06. The van der Waals surface area contributed by atoms with Crippen molar-refractivity contribution in [2.75, 3.05) is 11.9 Å². The maximum Gasteiger partial charge on any atom is 0.242 e. The Morgan fingerprint density at radius 3 is 2.94 bits per heavy atom. The van der Waals surface area contributed by atoms with Crippen molar-refractivity contribution >= 4 is 17.6 Å². The van der Waals surface area contributed by atoms with Gasteiger partial charge in [-0.15, -0.1) is 0 Å². The molecule has 1 saturated carbocycles. The van der Waals surface area contributed by atoms with E-state index in [1.54, 1.807) is 0 Å². The van der Waals surface area contributed by atoms with Crippen LogP contribution in [0.3, 0.4) is 0 Å². The van der Waals surface area contributed by atoms with Gasteiger partial charge in [0.25, 0.3) is 0 Å². The summed E-state index contributed by atoms with van der Waals surface area (Å²) in [6.45, 7) is 2.07. The lowest BCUT2D eigenvalue weighted by molar-refractivity contribution is -0.119.